The summed E-state index contributed by atoms with van der Waals surface area (Å²) in [4.78, 5) is 34.1. The molecule has 7 nitrogen and oxygen atoms in total. The molecule has 0 aliphatic carbocycles. The molecule has 1 aliphatic heterocycles. The maximum absolute atomic E-state index is 11.3. The van der Waals surface area contributed by atoms with Gasteiger partial charge in [-0.25, -0.2) is 4.79 Å². The predicted octanol–water partition coefficient (Wildman–Crippen LogP) is 1.00. The van der Waals surface area contributed by atoms with Crippen LogP contribution in [0.2, 0.25) is 0 Å². The number of carbonyl (C=O) groups excluding carboxylic acids is 2. The first-order chi connectivity index (χ1) is 10.2. The minimum Gasteiger partial charge on any atom is -0.480 e. The smallest absolute Gasteiger partial charge is 0.328 e. The third kappa shape index (κ3) is 7.40. The van der Waals surface area contributed by atoms with Crippen molar-refractivity contribution in [3.63, 3.8) is 0 Å². The van der Waals surface area contributed by atoms with Crippen molar-refractivity contribution in [3.05, 3.63) is 0 Å². The number of likely N-dealkylation sites (tertiary alicyclic amines) is 1. The number of carbonyl (C=O) groups is 3. The number of carboxylic acid groups (broad SMARTS) is 1. The SMILES string of the molecule is CC(C)C[C@H](N)C(=O)O.CCOC(=O)[C@@H]1CCCN1C(C)=O. The number of hydrogen-bond acceptors (Lipinski definition) is 5. The lowest BCUT2D eigenvalue weighted by molar-refractivity contribution is -0.152. The van der Waals surface area contributed by atoms with Gasteiger partial charge >= 0.3 is 11.9 Å². The van der Waals surface area contributed by atoms with E-state index in [1.807, 2.05) is 13.8 Å². The number of esters is 1. The molecule has 0 aromatic heterocycles. The van der Waals surface area contributed by atoms with Crippen LogP contribution < -0.4 is 5.73 Å². The number of hydrogen-bond donors (Lipinski definition) is 2. The zero-order valence-corrected chi connectivity index (χ0v) is 13.9. The molecule has 7 heteroatoms. The van der Waals surface area contributed by atoms with E-state index in [9.17, 15) is 14.4 Å². The van der Waals surface area contributed by atoms with Crippen LogP contribution in [0.1, 0.15) is 47.0 Å². The second kappa shape index (κ2) is 10.2. The molecule has 0 saturated carbocycles. The van der Waals surface area contributed by atoms with Crippen LogP contribution in [0, 0.1) is 5.92 Å². The van der Waals surface area contributed by atoms with Crippen LogP contribution in [0.4, 0.5) is 0 Å². The molecule has 1 heterocycles. The number of carboxylic acids is 1. The Morgan fingerprint density at radius 1 is 1.36 bits per heavy atom. The Kier molecular flexibility index (Phi) is 9.40. The van der Waals surface area contributed by atoms with Gasteiger partial charge in [0.25, 0.3) is 0 Å². The Hall–Kier alpha value is -1.63. The van der Waals surface area contributed by atoms with E-state index in [1.165, 1.54) is 6.92 Å². The lowest BCUT2D eigenvalue weighted by Crippen LogP contribution is -2.40. The summed E-state index contributed by atoms with van der Waals surface area (Å²) in [5.41, 5.74) is 5.22. The summed E-state index contributed by atoms with van der Waals surface area (Å²) < 4.78 is 4.87. The Morgan fingerprint density at radius 3 is 2.32 bits per heavy atom. The second-order valence-corrected chi connectivity index (χ2v) is 5.70. The maximum Gasteiger partial charge on any atom is 0.328 e. The van der Waals surface area contributed by atoms with Gasteiger partial charge in [-0.05, 0) is 32.1 Å². The van der Waals surface area contributed by atoms with E-state index < -0.39 is 12.0 Å². The van der Waals surface area contributed by atoms with Gasteiger partial charge < -0.3 is 20.5 Å². The van der Waals surface area contributed by atoms with Gasteiger partial charge in [0.05, 0.1) is 6.61 Å². The van der Waals surface area contributed by atoms with Gasteiger partial charge in [-0.15, -0.1) is 0 Å². The van der Waals surface area contributed by atoms with E-state index in [0.29, 0.717) is 25.5 Å². The Labute approximate surface area is 131 Å². The largest absolute Gasteiger partial charge is 0.480 e. The van der Waals surface area contributed by atoms with Crippen LogP contribution >= 0.6 is 0 Å². The number of aliphatic carboxylic acids is 1. The van der Waals surface area contributed by atoms with E-state index in [4.69, 9.17) is 15.6 Å². The predicted molar refractivity (Wildman–Crippen MR) is 82.1 cm³/mol. The van der Waals surface area contributed by atoms with E-state index in [2.05, 4.69) is 0 Å². The minimum atomic E-state index is -0.913. The van der Waals surface area contributed by atoms with Gasteiger partial charge in [-0.3, -0.25) is 9.59 Å². The zero-order valence-electron chi connectivity index (χ0n) is 13.9. The summed E-state index contributed by atoms with van der Waals surface area (Å²) in [7, 11) is 0. The van der Waals surface area contributed by atoms with Crippen LogP contribution in [0.25, 0.3) is 0 Å². The first-order valence-electron chi connectivity index (χ1n) is 7.62. The Morgan fingerprint density at radius 2 is 1.95 bits per heavy atom. The fourth-order valence-corrected chi connectivity index (χ4v) is 2.24. The highest BCUT2D eigenvalue weighted by Crippen LogP contribution is 2.18. The van der Waals surface area contributed by atoms with E-state index in [1.54, 1.807) is 11.8 Å². The Bertz CT molecular complexity index is 384. The average Bonchev–Trinajstić information content (AvgIpc) is 2.88. The van der Waals surface area contributed by atoms with Crippen molar-refractivity contribution in [1.29, 1.82) is 0 Å². The Balaban J connectivity index is 0.000000433. The number of nitrogens with zero attached hydrogens (tertiary/aromatic N) is 1. The molecule has 22 heavy (non-hydrogen) atoms. The molecule has 0 radical (unpaired) electrons. The lowest BCUT2D eigenvalue weighted by Gasteiger charge is -2.21. The standard InChI is InChI=1S/C9H15NO3.C6H13NO2/c1-3-13-9(12)8-5-4-6-10(8)7(2)11;1-4(2)3-5(7)6(8)9/h8H,3-6H2,1-2H3;4-5H,3,7H2,1-2H3,(H,8,9)/t8-;5-/m00/s1. The van der Waals surface area contributed by atoms with Crippen molar-refractivity contribution in [1.82, 2.24) is 4.90 Å². The molecule has 1 aliphatic rings. The number of nitrogens with two attached hydrogens (primary N) is 1. The first kappa shape index (κ1) is 20.4. The van der Waals surface area contributed by atoms with Crippen LogP contribution in [-0.2, 0) is 19.1 Å². The van der Waals surface area contributed by atoms with Crippen molar-refractivity contribution in [2.75, 3.05) is 13.2 Å². The molecule has 0 aromatic carbocycles. The third-order valence-electron chi connectivity index (χ3n) is 3.26. The molecule has 1 fully saturated rings. The molecule has 0 unspecified atom stereocenters. The third-order valence-corrected chi connectivity index (χ3v) is 3.26. The zero-order chi connectivity index (χ0) is 17.3. The summed E-state index contributed by atoms with van der Waals surface area (Å²) in [6, 6.07) is -1.03. The number of ether oxygens (including phenoxy) is 1. The first-order valence-corrected chi connectivity index (χ1v) is 7.62. The van der Waals surface area contributed by atoms with Crippen molar-refractivity contribution in [2.24, 2.45) is 11.7 Å². The van der Waals surface area contributed by atoms with Gasteiger partial charge in [0, 0.05) is 13.5 Å². The lowest BCUT2D eigenvalue weighted by atomic mass is 10.1. The molecule has 0 aromatic rings. The fraction of sp³-hybridized carbons (Fsp3) is 0.800. The maximum atomic E-state index is 11.3. The number of amides is 1. The topological polar surface area (TPSA) is 110 Å². The summed E-state index contributed by atoms with van der Waals surface area (Å²) in [6.45, 7) is 8.20. The molecule has 128 valence electrons. The van der Waals surface area contributed by atoms with Crippen LogP contribution in [0.3, 0.4) is 0 Å². The molecule has 0 spiro atoms. The van der Waals surface area contributed by atoms with Crippen molar-refractivity contribution >= 4 is 17.8 Å². The highest BCUT2D eigenvalue weighted by molar-refractivity contribution is 5.83. The van der Waals surface area contributed by atoms with Gasteiger partial charge in [0.1, 0.15) is 12.1 Å². The van der Waals surface area contributed by atoms with Crippen LogP contribution in [-0.4, -0.2) is 53.1 Å². The highest BCUT2D eigenvalue weighted by atomic mass is 16.5. The monoisotopic (exact) mass is 316 g/mol. The molecular weight excluding hydrogens is 288 g/mol. The van der Waals surface area contributed by atoms with E-state index in [-0.39, 0.29) is 17.9 Å². The van der Waals surface area contributed by atoms with Crippen molar-refractivity contribution < 1.29 is 24.2 Å². The average molecular weight is 316 g/mol. The van der Waals surface area contributed by atoms with Gasteiger partial charge in [-0.2, -0.15) is 0 Å². The van der Waals surface area contributed by atoms with E-state index in [0.717, 1.165) is 12.8 Å². The molecule has 1 amide bonds. The fourth-order valence-electron chi connectivity index (χ4n) is 2.24. The van der Waals surface area contributed by atoms with Gasteiger partial charge in [-0.1, -0.05) is 13.8 Å². The van der Waals surface area contributed by atoms with Crippen molar-refractivity contribution in [2.45, 2.75) is 59.0 Å². The minimum absolute atomic E-state index is 0.0458. The summed E-state index contributed by atoms with van der Waals surface area (Å²) in [5, 5.41) is 8.31. The van der Waals surface area contributed by atoms with Crippen LogP contribution in [0.5, 0.6) is 0 Å². The highest BCUT2D eigenvalue weighted by Gasteiger charge is 2.33. The summed E-state index contributed by atoms with van der Waals surface area (Å²) >= 11 is 0. The van der Waals surface area contributed by atoms with Gasteiger partial charge in [0.2, 0.25) is 5.91 Å². The number of rotatable bonds is 5. The van der Waals surface area contributed by atoms with Crippen LogP contribution in [0.15, 0.2) is 0 Å². The molecule has 3 N–H and O–H groups in total. The molecule has 1 rings (SSSR count). The molecular formula is C15H28N2O5. The van der Waals surface area contributed by atoms with Gasteiger partial charge in [0.15, 0.2) is 0 Å². The quantitative estimate of drug-likeness (QED) is 0.732. The molecule has 2 atom stereocenters. The second-order valence-electron chi connectivity index (χ2n) is 5.70. The molecule has 1 saturated heterocycles. The summed E-state index contributed by atoms with van der Waals surface area (Å²) in [5.74, 6) is -0.870. The van der Waals surface area contributed by atoms with E-state index >= 15 is 0 Å². The summed E-state index contributed by atoms with van der Waals surface area (Å²) in [6.07, 6.45) is 2.18. The molecule has 0 bridgehead atoms. The van der Waals surface area contributed by atoms with Crippen molar-refractivity contribution in [3.8, 4) is 0 Å². The normalized spacial score (nSPS) is 18.5.